The molecule has 0 spiro atoms. The fraction of sp³-hybridized carbons (Fsp3) is 0.154. The summed E-state index contributed by atoms with van der Waals surface area (Å²) in [5.41, 5.74) is 0.402. The van der Waals surface area contributed by atoms with E-state index in [0.717, 1.165) is 11.6 Å². The number of H-pyrrole nitrogens is 1. The summed E-state index contributed by atoms with van der Waals surface area (Å²) in [6.07, 6.45) is 2.90. The van der Waals surface area contributed by atoms with Gasteiger partial charge in [-0.1, -0.05) is 0 Å². The van der Waals surface area contributed by atoms with Crippen LogP contribution >= 0.6 is 0 Å². The first-order valence-corrected chi connectivity index (χ1v) is 5.86. The van der Waals surface area contributed by atoms with E-state index in [1.807, 2.05) is 13.0 Å². The van der Waals surface area contributed by atoms with Gasteiger partial charge in [-0.25, -0.2) is 4.79 Å². The number of nitrogens with zero attached hydrogens (tertiary/aromatic N) is 2. The average Bonchev–Trinajstić information content (AvgIpc) is 2.81. The van der Waals surface area contributed by atoms with Crippen LogP contribution in [0.3, 0.4) is 0 Å². The van der Waals surface area contributed by atoms with E-state index in [1.165, 1.54) is 0 Å². The summed E-state index contributed by atoms with van der Waals surface area (Å²) in [4.78, 5) is 27.4. The molecule has 96 valence electrons. The topological polar surface area (TPSA) is 88.0 Å². The number of aryl methyl sites for hydroxylation is 1. The number of carboxylic acids is 1. The third-order valence-corrected chi connectivity index (χ3v) is 3.18. The predicted molar refractivity (Wildman–Crippen MR) is 70.5 cm³/mol. The van der Waals surface area contributed by atoms with Crippen LogP contribution < -0.4 is 5.43 Å². The zero-order valence-corrected chi connectivity index (χ0v) is 10.2. The monoisotopic (exact) mass is 257 g/mol. The van der Waals surface area contributed by atoms with Crippen molar-refractivity contribution in [1.82, 2.24) is 14.8 Å². The number of carbonyl (C=O) groups is 1. The Kier molecular flexibility index (Phi) is 2.38. The standard InChI is InChI=1S/C13H11N3O3/c1-2-16-11-7(5-15-16)3-4-9-10(11)12(17)8(6-14-9)13(18)19/h3-6,15H,2H2,1H3,(H,18,19). The van der Waals surface area contributed by atoms with Crippen LogP contribution in [0.5, 0.6) is 0 Å². The molecule has 0 unspecified atom stereocenters. The van der Waals surface area contributed by atoms with Crippen molar-refractivity contribution >= 4 is 27.8 Å². The molecular weight excluding hydrogens is 246 g/mol. The molecule has 3 rings (SSSR count). The number of hydrogen-bond acceptors (Lipinski definition) is 3. The van der Waals surface area contributed by atoms with Crippen molar-refractivity contribution < 1.29 is 9.90 Å². The molecule has 0 radical (unpaired) electrons. The second kappa shape index (κ2) is 3.94. The number of aromatic carboxylic acids is 1. The van der Waals surface area contributed by atoms with Crippen molar-refractivity contribution in [3.63, 3.8) is 0 Å². The minimum atomic E-state index is -1.25. The zero-order valence-electron chi connectivity index (χ0n) is 10.2. The van der Waals surface area contributed by atoms with E-state index < -0.39 is 11.4 Å². The first-order chi connectivity index (χ1) is 9.13. The lowest BCUT2D eigenvalue weighted by Crippen LogP contribution is -2.16. The van der Waals surface area contributed by atoms with Gasteiger partial charge in [-0.2, -0.15) is 0 Å². The van der Waals surface area contributed by atoms with Crippen molar-refractivity contribution in [2.75, 3.05) is 0 Å². The first kappa shape index (κ1) is 11.5. The fourth-order valence-electron chi connectivity index (χ4n) is 2.28. The Morgan fingerprint density at radius 3 is 2.95 bits per heavy atom. The third kappa shape index (κ3) is 1.53. The van der Waals surface area contributed by atoms with Gasteiger partial charge in [-0.3, -0.25) is 14.5 Å². The van der Waals surface area contributed by atoms with Crippen LogP contribution in [0.25, 0.3) is 21.8 Å². The average molecular weight is 257 g/mol. The molecule has 0 saturated carbocycles. The smallest absolute Gasteiger partial charge is 0.341 e. The Bertz CT molecular complexity index is 861. The summed E-state index contributed by atoms with van der Waals surface area (Å²) in [6, 6.07) is 3.58. The molecule has 0 atom stereocenters. The number of nitrogens with one attached hydrogen (secondary N) is 1. The van der Waals surface area contributed by atoms with Crippen LogP contribution in [0.1, 0.15) is 17.3 Å². The van der Waals surface area contributed by atoms with E-state index in [-0.39, 0.29) is 5.56 Å². The van der Waals surface area contributed by atoms with Gasteiger partial charge in [0.25, 0.3) is 0 Å². The van der Waals surface area contributed by atoms with Gasteiger partial charge >= 0.3 is 5.97 Å². The van der Waals surface area contributed by atoms with Gasteiger partial charge in [0.1, 0.15) is 5.56 Å². The minimum Gasteiger partial charge on any atom is -0.477 e. The molecule has 0 aliphatic carbocycles. The van der Waals surface area contributed by atoms with Gasteiger partial charge in [0.2, 0.25) is 5.43 Å². The molecule has 6 nitrogen and oxygen atoms in total. The summed E-state index contributed by atoms with van der Waals surface area (Å²) in [6.45, 7) is 2.59. The summed E-state index contributed by atoms with van der Waals surface area (Å²) in [5, 5.41) is 13.3. The molecule has 3 aromatic rings. The minimum absolute atomic E-state index is 0.302. The highest BCUT2D eigenvalue weighted by molar-refractivity contribution is 6.05. The Morgan fingerprint density at radius 2 is 2.26 bits per heavy atom. The zero-order chi connectivity index (χ0) is 13.6. The maximum absolute atomic E-state index is 12.3. The van der Waals surface area contributed by atoms with Gasteiger partial charge in [0.05, 0.1) is 16.4 Å². The quantitative estimate of drug-likeness (QED) is 0.729. The van der Waals surface area contributed by atoms with Gasteiger partial charge < -0.3 is 10.2 Å². The largest absolute Gasteiger partial charge is 0.477 e. The maximum atomic E-state index is 12.3. The highest BCUT2D eigenvalue weighted by Crippen LogP contribution is 2.21. The van der Waals surface area contributed by atoms with Gasteiger partial charge in [-0.15, -0.1) is 0 Å². The van der Waals surface area contributed by atoms with E-state index in [9.17, 15) is 9.59 Å². The highest BCUT2D eigenvalue weighted by Gasteiger charge is 2.16. The van der Waals surface area contributed by atoms with Crippen molar-refractivity contribution in [3.05, 3.63) is 40.3 Å². The Morgan fingerprint density at radius 1 is 1.47 bits per heavy atom. The van der Waals surface area contributed by atoms with E-state index >= 15 is 0 Å². The van der Waals surface area contributed by atoms with Crippen molar-refractivity contribution in [3.8, 4) is 0 Å². The van der Waals surface area contributed by atoms with E-state index in [2.05, 4.69) is 10.1 Å². The molecule has 0 aliphatic rings. The van der Waals surface area contributed by atoms with Crippen molar-refractivity contribution in [2.24, 2.45) is 0 Å². The molecule has 2 heterocycles. The van der Waals surface area contributed by atoms with Gasteiger partial charge in [0, 0.05) is 24.3 Å². The lowest BCUT2D eigenvalue weighted by atomic mass is 10.1. The van der Waals surface area contributed by atoms with Crippen LogP contribution in [0, 0.1) is 0 Å². The predicted octanol–water partition coefficient (Wildman–Crippen LogP) is 1.60. The highest BCUT2D eigenvalue weighted by atomic mass is 16.4. The normalized spacial score (nSPS) is 11.2. The maximum Gasteiger partial charge on any atom is 0.341 e. The van der Waals surface area contributed by atoms with Gasteiger partial charge in [-0.05, 0) is 19.1 Å². The lowest BCUT2D eigenvalue weighted by molar-refractivity contribution is 0.0695. The van der Waals surface area contributed by atoms with E-state index in [0.29, 0.717) is 23.0 Å². The Hall–Kier alpha value is -2.63. The van der Waals surface area contributed by atoms with E-state index in [4.69, 9.17) is 5.11 Å². The summed E-state index contributed by atoms with van der Waals surface area (Å²) in [7, 11) is 0. The molecule has 0 amide bonds. The third-order valence-electron chi connectivity index (χ3n) is 3.18. The number of carboxylic acid groups (broad SMARTS) is 1. The molecule has 1 aromatic carbocycles. The molecule has 0 saturated heterocycles. The SMILES string of the molecule is CCn1[nH]cc2ccc3ncc(C(=O)O)c(=O)c3c21. The van der Waals surface area contributed by atoms with Crippen molar-refractivity contribution in [2.45, 2.75) is 13.5 Å². The summed E-state index contributed by atoms with van der Waals surface area (Å²) < 4.78 is 1.80. The van der Waals surface area contributed by atoms with Crippen LogP contribution in [-0.4, -0.2) is 25.8 Å². The molecule has 2 N–H and O–H groups in total. The van der Waals surface area contributed by atoms with Crippen LogP contribution in [-0.2, 0) is 6.54 Å². The molecule has 0 bridgehead atoms. The Balaban J connectivity index is 2.58. The molecule has 0 aliphatic heterocycles. The number of aromatic amines is 1. The molecule has 2 aromatic heterocycles. The number of pyridine rings is 1. The molecule has 19 heavy (non-hydrogen) atoms. The number of benzene rings is 1. The molecule has 0 fully saturated rings. The number of aromatic nitrogens is 3. The lowest BCUT2D eigenvalue weighted by Gasteiger charge is -2.04. The summed E-state index contributed by atoms with van der Waals surface area (Å²) in [5.74, 6) is -1.25. The van der Waals surface area contributed by atoms with Crippen molar-refractivity contribution in [1.29, 1.82) is 0 Å². The van der Waals surface area contributed by atoms with Gasteiger partial charge in [0.15, 0.2) is 0 Å². The number of fused-ring (bicyclic) bond motifs is 3. The van der Waals surface area contributed by atoms with Crippen LogP contribution in [0.4, 0.5) is 0 Å². The first-order valence-electron chi connectivity index (χ1n) is 5.86. The second-order valence-electron chi connectivity index (χ2n) is 4.22. The number of rotatable bonds is 2. The summed E-state index contributed by atoms with van der Waals surface area (Å²) >= 11 is 0. The van der Waals surface area contributed by atoms with Crippen LogP contribution in [0.2, 0.25) is 0 Å². The van der Waals surface area contributed by atoms with Crippen LogP contribution in [0.15, 0.2) is 29.3 Å². The fourth-order valence-corrected chi connectivity index (χ4v) is 2.28. The Labute approximate surface area is 107 Å². The molecule has 6 heteroatoms. The van der Waals surface area contributed by atoms with E-state index in [1.54, 1.807) is 16.9 Å². The molecular formula is C13H11N3O3. The second-order valence-corrected chi connectivity index (χ2v) is 4.22. The number of hydrogen-bond donors (Lipinski definition) is 2.